The number of carbonyl (C=O) groups is 1. The second kappa shape index (κ2) is 11.2. The number of hydrogen-bond donors (Lipinski definition) is 1. The van der Waals surface area contributed by atoms with Gasteiger partial charge in [0, 0.05) is 33.3 Å². The van der Waals surface area contributed by atoms with E-state index in [1.54, 1.807) is 0 Å². The van der Waals surface area contributed by atoms with Gasteiger partial charge in [-0.2, -0.15) is 0 Å². The zero-order valence-corrected chi connectivity index (χ0v) is 17.9. The molecule has 1 N–H and O–H groups in total. The summed E-state index contributed by atoms with van der Waals surface area (Å²) < 4.78 is 11.3. The number of esters is 1. The highest BCUT2D eigenvalue weighted by Crippen LogP contribution is 2.32. The number of hydrogen-bond acceptors (Lipinski definition) is 4. The van der Waals surface area contributed by atoms with Crippen molar-refractivity contribution >= 4 is 11.9 Å². The third-order valence-corrected chi connectivity index (χ3v) is 5.86. The number of guanidine groups is 1. The lowest BCUT2D eigenvalue weighted by Gasteiger charge is -2.33. The van der Waals surface area contributed by atoms with E-state index in [0.717, 1.165) is 57.9 Å². The van der Waals surface area contributed by atoms with Crippen LogP contribution >= 0.6 is 0 Å². The number of piperidine rings is 1. The number of nitrogens with zero attached hydrogens (tertiary/aromatic N) is 2. The van der Waals surface area contributed by atoms with Gasteiger partial charge in [-0.1, -0.05) is 24.3 Å². The van der Waals surface area contributed by atoms with E-state index in [9.17, 15) is 4.79 Å². The van der Waals surface area contributed by atoms with Gasteiger partial charge in [-0.05, 0) is 56.6 Å². The van der Waals surface area contributed by atoms with E-state index < -0.39 is 0 Å². The predicted molar refractivity (Wildman–Crippen MR) is 115 cm³/mol. The van der Waals surface area contributed by atoms with Crippen molar-refractivity contribution in [1.82, 2.24) is 10.2 Å². The molecule has 3 rings (SSSR count). The highest BCUT2D eigenvalue weighted by atomic mass is 16.5. The maximum Gasteiger partial charge on any atom is 0.309 e. The minimum absolute atomic E-state index is 0.0241. The number of likely N-dealkylation sites (tertiary alicyclic amines) is 1. The summed E-state index contributed by atoms with van der Waals surface area (Å²) in [4.78, 5) is 18.5. The Morgan fingerprint density at radius 1 is 1.24 bits per heavy atom. The van der Waals surface area contributed by atoms with Crippen LogP contribution in [0.15, 0.2) is 29.3 Å². The minimum atomic E-state index is -0.0588. The van der Waals surface area contributed by atoms with Gasteiger partial charge < -0.3 is 19.7 Å². The van der Waals surface area contributed by atoms with E-state index in [2.05, 4.69) is 39.5 Å². The number of fused-ring (bicyclic) bond motifs is 1. The Morgan fingerprint density at radius 3 is 2.79 bits per heavy atom. The first-order valence-electron chi connectivity index (χ1n) is 11.0. The van der Waals surface area contributed by atoms with Gasteiger partial charge in [0.2, 0.25) is 0 Å². The number of aryl methyl sites for hydroxylation is 1. The summed E-state index contributed by atoms with van der Waals surface area (Å²) >= 11 is 0. The van der Waals surface area contributed by atoms with E-state index >= 15 is 0 Å². The van der Waals surface area contributed by atoms with Gasteiger partial charge >= 0.3 is 5.97 Å². The number of aliphatic imine (C=N–C) groups is 1. The quantitative estimate of drug-likeness (QED) is 0.329. The van der Waals surface area contributed by atoms with Gasteiger partial charge in [0.15, 0.2) is 5.96 Å². The number of ether oxygens (including phenoxy) is 2. The molecule has 1 saturated heterocycles. The van der Waals surface area contributed by atoms with E-state index in [-0.39, 0.29) is 18.0 Å². The molecule has 0 aromatic heterocycles. The molecule has 6 nitrogen and oxygen atoms in total. The molecule has 1 aromatic carbocycles. The maximum atomic E-state index is 11.9. The van der Waals surface area contributed by atoms with Crippen LogP contribution in [0, 0.1) is 5.92 Å². The van der Waals surface area contributed by atoms with Gasteiger partial charge in [-0.15, -0.1) is 0 Å². The maximum absolute atomic E-state index is 11.9. The fraction of sp³-hybridized carbons (Fsp3) is 0.652. The molecule has 2 aliphatic rings. The fourth-order valence-electron chi connectivity index (χ4n) is 4.30. The highest BCUT2D eigenvalue weighted by molar-refractivity contribution is 5.80. The molecule has 1 fully saturated rings. The molecule has 1 aliphatic carbocycles. The molecule has 0 radical (unpaired) electrons. The van der Waals surface area contributed by atoms with Gasteiger partial charge in [-0.25, -0.2) is 0 Å². The topological polar surface area (TPSA) is 63.2 Å². The molecular formula is C23H35N3O3. The Bertz CT molecular complexity index is 684. The SMILES string of the molecule is CCOC(=O)C1CCN(C(=NC)NCCCOC2CCCc3ccccc32)CC1. The lowest BCUT2D eigenvalue weighted by Crippen LogP contribution is -2.47. The first-order valence-corrected chi connectivity index (χ1v) is 11.0. The third kappa shape index (κ3) is 5.95. The van der Waals surface area contributed by atoms with Crippen molar-refractivity contribution in [3.05, 3.63) is 35.4 Å². The van der Waals surface area contributed by atoms with Gasteiger partial charge in [0.05, 0.1) is 18.6 Å². The average Bonchev–Trinajstić information content (AvgIpc) is 2.76. The minimum Gasteiger partial charge on any atom is -0.466 e. The Morgan fingerprint density at radius 2 is 2.03 bits per heavy atom. The monoisotopic (exact) mass is 401 g/mol. The van der Waals surface area contributed by atoms with Crippen LogP contribution < -0.4 is 5.32 Å². The lowest BCUT2D eigenvalue weighted by molar-refractivity contribution is -0.149. The average molecular weight is 402 g/mol. The van der Waals surface area contributed by atoms with Gasteiger partial charge in [0.1, 0.15) is 0 Å². The zero-order chi connectivity index (χ0) is 20.5. The second-order valence-corrected chi connectivity index (χ2v) is 7.79. The molecule has 29 heavy (non-hydrogen) atoms. The van der Waals surface area contributed by atoms with Crippen molar-refractivity contribution in [1.29, 1.82) is 0 Å². The highest BCUT2D eigenvalue weighted by Gasteiger charge is 2.27. The summed E-state index contributed by atoms with van der Waals surface area (Å²) in [6.07, 6.45) is 6.31. The molecule has 0 bridgehead atoms. The second-order valence-electron chi connectivity index (χ2n) is 7.79. The number of carbonyl (C=O) groups excluding carboxylic acids is 1. The molecule has 1 atom stereocenters. The van der Waals surface area contributed by atoms with Crippen LogP contribution in [0.3, 0.4) is 0 Å². The third-order valence-electron chi connectivity index (χ3n) is 5.86. The summed E-state index contributed by atoms with van der Waals surface area (Å²) in [5.74, 6) is 0.878. The largest absolute Gasteiger partial charge is 0.466 e. The molecular weight excluding hydrogens is 366 g/mol. The van der Waals surface area contributed by atoms with Crippen molar-refractivity contribution in [2.45, 2.75) is 51.6 Å². The Balaban J connectivity index is 1.35. The van der Waals surface area contributed by atoms with Crippen molar-refractivity contribution in [2.75, 3.05) is 39.9 Å². The van der Waals surface area contributed by atoms with Crippen molar-refractivity contribution in [2.24, 2.45) is 10.9 Å². The number of benzene rings is 1. The van der Waals surface area contributed by atoms with Crippen molar-refractivity contribution in [3.8, 4) is 0 Å². The van der Waals surface area contributed by atoms with Crippen LogP contribution in [0.5, 0.6) is 0 Å². The van der Waals surface area contributed by atoms with E-state index in [1.807, 2.05) is 14.0 Å². The van der Waals surface area contributed by atoms with Crippen LogP contribution in [0.4, 0.5) is 0 Å². The first-order chi connectivity index (χ1) is 14.2. The fourth-order valence-corrected chi connectivity index (χ4v) is 4.30. The van der Waals surface area contributed by atoms with Crippen LogP contribution in [0.1, 0.15) is 56.3 Å². The van der Waals surface area contributed by atoms with E-state index in [1.165, 1.54) is 24.0 Å². The summed E-state index contributed by atoms with van der Waals surface area (Å²) in [7, 11) is 1.81. The molecule has 0 spiro atoms. The van der Waals surface area contributed by atoms with E-state index in [4.69, 9.17) is 9.47 Å². The first kappa shape index (κ1) is 21.6. The van der Waals surface area contributed by atoms with Gasteiger partial charge in [-0.3, -0.25) is 9.79 Å². The van der Waals surface area contributed by atoms with Crippen LogP contribution in [0.2, 0.25) is 0 Å². The summed E-state index contributed by atoms with van der Waals surface area (Å²) in [5, 5.41) is 3.44. The normalized spacial score (nSPS) is 20.3. The van der Waals surface area contributed by atoms with E-state index in [0.29, 0.717) is 6.61 Å². The smallest absolute Gasteiger partial charge is 0.309 e. The standard InChI is InChI=1S/C23H35N3O3/c1-3-28-22(27)19-12-15-26(16-13-19)23(24-2)25-14-7-17-29-21-11-6-9-18-8-4-5-10-20(18)21/h4-5,8,10,19,21H,3,6-7,9,11-17H2,1-2H3,(H,24,25). The summed E-state index contributed by atoms with van der Waals surface area (Å²) in [6.45, 7) is 5.55. The molecule has 0 amide bonds. The predicted octanol–water partition coefficient (Wildman–Crippen LogP) is 3.32. The Labute approximate surface area is 174 Å². The zero-order valence-electron chi connectivity index (χ0n) is 17.9. The molecule has 1 heterocycles. The molecule has 0 saturated carbocycles. The Hall–Kier alpha value is -2.08. The molecule has 160 valence electrons. The van der Waals surface area contributed by atoms with Crippen LogP contribution in [0.25, 0.3) is 0 Å². The number of nitrogens with one attached hydrogen (secondary N) is 1. The molecule has 1 aromatic rings. The van der Waals surface area contributed by atoms with Crippen LogP contribution in [-0.2, 0) is 20.7 Å². The number of rotatable bonds is 7. The summed E-state index contributed by atoms with van der Waals surface area (Å²) in [6, 6.07) is 8.66. The molecule has 1 aliphatic heterocycles. The van der Waals surface area contributed by atoms with Crippen LogP contribution in [-0.4, -0.2) is 56.7 Å². The molecule has 1 unspecified atom stereocenters. The van der Waals surface area contributed by atoms with Crippen molar-refractivity contribution < 1.29 is 14.3 Å². The van der Waals surface area contributed by atoms with Crippen molar-refractivity contribution in [3.63, 3.8) is 0 Å². The summed E-state index contributed by atoms with van der Waals surface area (Å²) in [5.41, 5.74) is 2.81. The lowest BCUT2D eigenvalue weighted by atomic mass is 9.89. The molecule has 6 heteroatoms. The van der Waals surface area contributed by atoms with Gasteiger partial charge in [0.25, 0.3) is 0 Å². The Kier molecular flexibility index (Phi) is 8.35.